The second-order valence-corrected chi connectivity index (χ2v) is 6.31. The summed E-state index contributed by atoms with van der Waals surface area (Å²) in [4.78, 5) is 11.5. The van der Waals surface area contributed by atoms with Gasteiger partial charge >= 0.3 is 6.03 Å². The van der Waals surface area contributed by atoms with E-state index in [2.05, 4.69) is 52.9 Å². The lowest BCUT2D eigenvalue weighted by atomic mass is 10.2. The molecule has 0 atom stereocenters. The third-order valence-corrected chi connectivity index (χ3v) is 3.71. The third kappa shape index (κ3) is 5.36. The van der Waals surface area contributed by atoms with Crippen molar-refractivity contribution in [3.05, 3.63) is 56.5 Å². The molecule has 0 aliphatic rings. The van der Waals surface area contributed by atoms with Gasteiger partial charge in [-0.1, -0.05) is 31.9 Å². The quantitative estimate of drug-likeness (QED) is 0.419. The van der Waals surface area contributed by atoms with E-state index in [1.807, 2.05) is 0 Å². The summed E-state index contributed by atoms with van der Waals surface area (Å²) in [5, 5.41) is 26.7. The van der Waals surface area contributed by atoms with Crippen LogP contribution in [0.1, 0.15) is 11.1 Å². The first-order chi connectivity index (χ1) is 11.5. The fourth-order valence-corrected chi connectivity index (χ4v) is 2.36. The van der Waals surface area contributed by atoms with Gasteiger partial charge in [0.25, 0.3) is 0 Å². The van der Waals surface area contributed by atoms with Crippen LogP contribution in [0.2, 0.25) is 0 Å². The number of amides is 2. The number of phenolic OH excluding ortho intramolecular Hbond substituents is 2. The van der Waals surface area contributed by atoms with Crippen molar-refractivity contribution in [3.8, 4) is 11.5 Å². The molecule has 0 heterocycles. The van der Waals surface area contributed by atoms with Crippen LogP contribution in [0, 0.1) is 0 Å². The largest absolute Gasteiger partial charge is 0.507 e. The molecule has 0 bridgehead atoms. The number of nitrogens with zero attached hydrogens (tertiary/aromatic N) is 2. The van der Waals surface area contributed by atoms with Crippen LogP contribution in [-0.4, -0.2) is 28.7 Å². The van der Waals surface area contributed by atoms with Crippen molar-refractivity contribution in [1.82, 2.24) is 10.9 Å². The molecule has 2 amide bonds. The molecule has 2 rings (SSSR count). The topological polar surface area (TPSA) is 106 Å². The second kappa shape index (κ2) is 8.46. The van der Waals surface area contributed by atoms with Crippen molar-refractivity contribution >= 4 is 50.3 Å². The Morgan fingerprint density at radius 2 is 1.29 bits per heavy atom. The number of urea groups is 1. The van der Waals surface area contributed by atoms with Gasteiger partial charge in [-0.05, 0) is 36.4 Å². The monoisotopic (exact) mass is 454 g/mol. The van der Waals surface area contributed by atoms with Crippen molar-refractivity contribution in [3.63, 3.8) is 0 Å². The molecule has 24 heavy (non-hydrogen) atoms. The third-order valence-electron chi connectivity index (χ3n) is 2.72. The van der Waals surface area contributed by atoms with E-state index in [0.717, 1.165) is 8.95 Å². The molecule has 4 N–H and O–H groups in total. The molecule has 9 heteroatoms. The number of benzene rings is 2. The predicted octanol–water partition coefficient (Wildman–Crippen LogP) is 3.29. The number of hydrogen-bond acceptors (Lipinski definition) is 5. The van der Waals surface area contributed by atoms with Crippen molar-refractivity contribution in [2.24, 2.45) is 10.2 Å². The molecule has 124 valence electrons. The fraction of sp³-hybridized carbons (Fsp3) is 0. The maximum absolute atomic E-state index is 11.5. The SMILES string of the molecule is O=C(NN=Cc1cc(Br)ccc1O)NN=Cc1cc(Br)ccc1O. The fourth-order valence-electron chi connectivity index (χ4n) is 1.60. The smallest absolute Gasteiger partial charge is 0.355 e. The van der Waals surface area contributed by atoms with Crippen LogP contribution >= 0.6 is 31.9 Å². The number of nitrogens with one attached hydrogen (secondary N) is 2. The summed E-state index contributed by atoms with van der Waals surface area (Å²) in [6, 6.07) is 8.98. The molecule has 2 aromatic rings. The van der Waals surface area contributed by atoms with Crippen LogP contribution in [0.3, 0.4) is 0 Å². The highest BCUT2D eigenvalue weighted by Crippen LogP contribution is 2.20. The lowest BCUT2D eigenvalue weighted by Crippen LogP contribution is -2.28. The molecule has 0 aliphatic carbocycles. The standard InChI is InChI=1S/C15H12Br2N4O3/c16-11-1-3-13(22)9(5-11)7-18-20-15(24)21-19-8-10-6-12(17)2-4-14(10)23/h1-8,22-23H,(H2,20,21,24). The number of halogens is 2. The van der Waals surface area contributed by atoms with E-state index < -0.39 is 6.03 Å². The number of carbonyl (C=O) groups excluding carboxylic acids is 1. The van der Waals surface area contributed by atoms with E-state index in [1.54, 1.807) is 24.3 Å². The van der Waals surface area contributed by atoms with Crippen LogP contribution in [0.4, 0.5) is 4.79 Å². The zero-order valence-electron chi connectivity index (χ0n) is 12.1. The normalized spacial score (nSPS) is 11.1. The van der Waals surface area contributed by atoms with Crippen molar-refractivity contribution in [2.75, 3.05) is 0 Å². The molecule has 0 spiro atoms. The Morgan fingerprint density at radius 3 is 1.71 bits per heavy atom. The van der Waals surface area contributed by atoms with E-state index >= 15 is 0 Å². The van der Waals surface area contributed by atoms with E-state index in [-0.39, 0.29) is 11.5 Å². The summed E-state index contributed by atoms with van der Waals surface area (Å²) in [5.41, 5.74) is 5.27. The predicted molar refractivity (Wildman–Crippen MR) is 98.5 cm³/mol. The minimum Gasteiger partial charge on any atom is -0.507 e. The number of hydrogen-bond donors (Lipinski definition) is 4. The Labute approximate surface area is 154 Å². The molecule has 0 aromatic heterocycles. The summed E-state index contributed by atoms with van der Waals surface area (Å²) in [5.74, 6) is 0.0691. The Morgan fingerprint density at radius 1 is 0.875 bits per heavy atom. The van der Waals surface area contributed by atoms with E-state index in [9.17, 15) is 15.0 Å². The van der Waals surface area contributed by atoms with Gasteiger partial charge in [-0.15, -0.1) is 0 Å². The summed E-state index contributed by atoms with van der Waals surface area (Å²) in [6.45, 7) is 0. The minimum atomic E-state index is -0.675. The minimum absolute atomic E-state index is 0.0345. The number of rotatable bonds is 4. The Hall–Kier alpha value is -2.39. The molecular weight excluding hydrogens is 444 g/mol. The molecule has 0 fully saturated rings. The van der Waals surface area contributed by atoms with Gasteiger partial charge in [-0.3, -0.25) is 0 Å². The first-order valence-electron chi connectivity index (χ1n) is 6.55. The number of phenols is 2. The van der Waals surface area contributed by atoms with Crippen molar-refractivity contribution in [1.29, 1.82) is 0 Å². The zero-order chi connectivity index (χ0) is 17.5. The molecule has 0 radical (unpaired) electrons. The highest BCUT2D eigenvalue weighted by Gasteiger charge is 2.01. The average molecular weight is 456 g/mol. The number of carbonyl (C=O) groups is 1. The first-order valence-corrected chi connectivity index (χ1v) is 8.13. The summed E-state index contributed by atoms with van der Waals surface area (Å²) < 4.78 is 1.54. The zero-order valence-corrected chi connectivity index (χ0v) is 15.2. The average Bonchev–Trinajstić information content (AvgIpc) is 2.54. The summed E-state index contributed by atoms with van der Waals surface area (Å²) >= 11 is 6.54. The molecule has 0 unspecified atom stereocenters. The lowest BCUT2D eigenvalue weighted by Gasteiger charge is -2.01. The maximum Gasteiger partial charge on any atom is 0.355 e. The molecule has 7 nitrogen and oxygen atoms in total. The molecular formula is C15H12Br2N4O3. The Balaban J connectivity index is 1.89. The number of hydrazone groups is 2. The van der Waals surface area contributed by atoms with Crippen LogP contribution in [-0.2, 0) is 0 Å². The molecule has 0 saturated carbocycles. The highest BCUT2D eigenvalue weighted by atomic mass is 79.9. The van der Waals surface area contributed by atoms with Gasteiger partial charge in [-0.25, -0.2) is 15.6 Å². The van der Waals surface area contributed by atoms with Gasteiger partial charge in [-0.2, -0.15) is 10.2 Å². The van der Waals surface area contributed by atoms with Gasteiger partial charge in [0.05, 0.1) is 12.4 Å². The maximum atomic E-state index is 11.5. The van der Waals surface area contributed by atoms with Crippen molar-refractivity contribution < 1.29 is 15.0 Å². The van der Waals surface area contributed by atoms with Gasteiger partial charge < -0.3 is 10.2 Å². The summed E-state index contributed by atoms with van der Waals surface area (Å²) in [6.07, 6.45) is 2.59. The Bertz CT molecular complexity index is 744. The molecule has 2 aromatic carbocycles. The molecule has 0 aliphatic heterocycles. The number of aromatic hydroxyl groups is 2. The van der Waals surface area contributed by atoms with E-state index in [4.69, 9.17) is 0 Å². The van der Waals surface area contributed by atoms with Crippen LogP contribution < -0.4 is 10.9 Å². The van der Waals surface area contributed by atoms with Gasteiger partial charge in [0.1, 0.15) is 11.5 Å². The van der Waals surface area contributed by atoms with Gasteiger partial charge in [0.2, 0.25) is 0 Å². The Kier molecular flexibility index (Phi) is 6.33. The van der Waals surface area contributed by atoms with E-state index in [1.165, 1.54) is 24.6 Å². The lowest BCUT2D eigenvalue weighted by molar-refractivity contribution is 0.242. The van der Waals surface area contributed by atoms with E-state index in [0.29, 0.717) is 11.1 Å². The van der Waals surface area contributed by atoms with Crippen LogP contribution in [0.15, 0.2) is 55.5 Å². The van der Waals surface area contributed by atoms with Crippen LogP contribution in [0.25, 0.3) is 0 Å². The van der Waals surface area contributed by atoms with Crippen molar-refractivity contribution in [2.45, 2.75) is 0 Å². The highest BCUT2D eigenvalue weighted by molar-refractivity contribution is 9.10. The van der Waals surface area contributed by atoms with Gasteiger partial charge in [0.15, 0.2) is 0 Å². The first kappa shape index (κ1) is 18.0. The second-order valence-electron chi connectivity index (χ2n) is 4.48. The molecule has 0 saturated heterocycles. The van der Waals surface area contributed by atoms with Crippen LogP contribution in [0.5, 0.6) is 11.5 Å². The summed E-state index contributed by atoms with van der Waals surface area (Å²) in [7, 11) is 0. The van der Waals surface area contributed by atoms with Gasteiger partial charge in [0, 0.05) is 20.1 Å².